The molecule has 0 aliphatic carbocycles. The van der Waals surface area contributed by atoms with Crippen molar-refractivity contribution in [3.8, 4) is 0 Å². The summed E-state index contributed by atoms with van der Waals surface area (Å²) in [6, 6.07) is 2.15. The highest BCUT2D eigenvalue weighted by Gasteiger charge is 2.44. The second-order valence-electron chi connectivity index (χ2n) is 7.46. The monoisotopic (exact) mass is 392 g/mol. The van der Waals surface area contributed by atoms with E-state index in [1.54, 1.807) is 13.8 Å². The van der Waals surface area contributed by atoms with Gasteiger partial charge in [0.05, 0.1) is 5.56 Å². The number of carbonyl (C=O) groups excluding carboxylic acids is 1. The molecule has 0 spiro atoms. The first-order valence-electron chi connectivity index (χ1n) is 8.72. The lowest BCUT2D eigenvalue weighted by atomic mass is 9.97. The first-order valence-corrected chi connectivity index (χ1v) is 8.72. The van der Waals surface area contributed by atoms with Crippen LogP contribution in [0.4, 0.5) is 22.0 Å². The molecule has 2 heterocycles. The third-order valence-electron chi connectivity index (χ3n) is 5.14. The van der Waals surface area contributed by atoms with Gasteiger partial charge in [0, 0.05) is 44.2 Å². The molecule has 1 saturated heterocycles. The maximum Gasteiger partial charge on any atom is 0.416 e. The molecule has 1 aromatic carbocycles. The Labute approximate surface area is 153 Å². The van der Waals surface area contributed by atoms with E-state index in [1.807, 2.05) is 0 Å². The minimum Gasteiger partial charge on any atom is -0.386 e. The lowest BCUT2D eigenvalue weighted by Gasteiger charge is -2.35. The number of alkyl halides is 5. The molecule has 1 N–H and O–H groups in total. The van der Waals surface area contributed by atoms with Crippen LogP contribution in [-0.2, 0) is 19.3 Å². The highest BCUT2D eigenvalue weighted by atomic mass is 19.4. The lowest BCUT2D eigenvalue weighted by Crippen LogP contribution is -2.50. The van der Waals surface area contributed by atoms with E-state index < -0.39 is 36.1 Å². The molecule has 150 valence electrons. The molecular weight excluding hydrogens is 371 g/mol. The van der Waals surface area contributed by atoms with E-state index in [2.05, 4.69) is 0 Å². The number of carbonyl (C=O) groups is 1. The fraction of sp³-hybridized carbons (Fsp3) is 0.611. The zero-order chi connectivity index (χ0) is 20.1. The van der Waals surface area contributed by atoms with Crippen molar-refractivity contribution in [3.05, 3.63) is 34.4 Å². The van der Waals surface area contributed by atoms with Gasteiger partial charge in [-0.15, -0.1) is 0 Å². The average Bonchev–Trinajstić information content (AvgIpc) is 2.87. The van der Waals surface area contributed by atoms with E-state index in [-0.39, 0.29) is 48.9 Å². The minimum atomic E-state index is -4.62. The molecule has 3 rings (SSSR count). The van der Waals surface area contributed by atoms with Gasteiger partial charge in [-0.25, -0.2) is 8.78 Å². The molecule has 1 fully saturated rings. The fourth-order valence-corrected chi connectivity index (χ4v) is 3.60. The van der Waals surface area contributed by atoms with Gasteiger partial charge in [0.15, 0.2) is 0 Å². The number of nitrogens with zero attached hydrogens (tertiary/aromatic N) is 2. The molecule has 0 saturated carbocycles. The molecular formula is C18H21F5N2O2. The zero-order valence-corrected chi connectivity index (χ0v) is 15.0. The quantitative estimate of drug-likeness (QED) is 0.803. The van der Waals surface area contributed by atoms with E-state index >= 15 is 0 Å². The number of aliphatic hydroxyl groups excluding tert-OH is 1. The largest absolute Gasteiger partial charge is 0.416 e. The number of hydrogen-bond acceptors (Lipinski definition) is 3. The summed E-state index contributed by atoms with van der Waals surface area (Å²) < 4.78 is 67.4. The SMILES string of the molecule is CC(C)N1Cc2c(cc(CN3CCC(F)(F)C(O)C3)cc2C(F)(F)F)C1=O. The number of likely N-dealkylation sites (tertiary alicyclic amines) is 1. The maximum absolute atomic E-state index is 13.5. The average molecular weight is 392 g/mol. The van der Waals surface area contributed by atoms with Gasteiger partial charge in [0.25, 0.3) is 11.8 Å². The number of hydrogen-bond donors (Lipinski definition) is 1. The summed E-state index contributed by atoms with van der Waals surface area (Å²) in [6.07, 6.45) is -7.05. The molecule has 0 aromatic heterocycles. The van der Waals surface area contributed by atoms with Crippen molar-refractivity contribution >= 4 is 5.91 Å². The predicted octanol–water partition coefficient (Wildman–Crippen LogP) is 3.27. The molecule has 9 heteroatoms. The summed E-state index contributed by atoms with van der Waals surface area (Å²) >= 11 is 0. The Morgan fingerprint density at radius 3 is 2.52 bits per heavy atom. The Hall–Kier alpha value is -1.74. The summed E-state index contributed by atoms with van der Waals surface area (Å²) in [5.74, 6) is -3.66. The van der Waals surface area contributed by atoms with E-state index in [0.29, 0.717) is 0 Å². The van der Waals surface area contributed by atoms with Crippen molar-refractivity contribution < 1.29 is 31.9 Å². The zero-order valence-electron chi connectivity index (χ0n) is 15.0. The molecule has 27 heavy (non-hydrogen) atoms. The van der Waals surface area contributed by atoms with Crippen molar-refractivity contribution in [1.29, 1.82) is 0 Å². The van der Waals surface area contributed by atoms with Crippen LogP contribution in [0.15, 0.2) is 12.1 Å². The van der Waals surface area contributed by atoms with Crippen molar-refractivity contribution in [2.24, 2.45) is 0 Å². The Bertz CT molecular complexity index is 748. The van der Waals surface area contributed by atoms with Crippen LogP contribution in [0, 0.1) is 0 Å². The Morgan fingerprint density at radius 1 is 1.30 bits per heavy atom. The van der Waals surface area contributed by atoms with Crippen LogP contribution < -0.4 is 0 Å². The van der Waals surface area contributed by atoms with Crippen molar-refractivity contribution in [2.45, 2.75) is 57.6 Å². The highest BCUT2D eigenvalue weighted by molar-refractivity contribution is 5.99. The van der Waals surface area contributed by atoms with Gasteiger partial charge < -0.3 is 10.0 Å². The third kappa shape index (κ3) is 3.80. The van der Waals surface area contributed by atoms with Gasteiger partial charge >= 0.3 is 6.18 Å². The van der Waals surface area contributed by atoms with E-state index in [0.717, 1.165) is 6.07 Å². The normalized spacial score (nSPS) is 23.2. The van der Waals surface area contributed by atoms with Crippen LogP contribution in [0.3, 0.4) is 0 Å². The van der Waals surface area contributed by atoms with Gasteiger partial charge in [0.1, 0.15) is 6.10 Å². The Balaban J connectivity index is 1.92. The van der Waals surface area contributed by atoms with Gasteiger partial charge in [-0.05, 0) is 37.1 Å². The predicted molar refractivity (Wildman–Crippen MR) is 87.3 cm³/mol. The van der Waals surface area contributed by atoms with Crippen molar-refractivity contribution in [1.82, 2.24) is 9.80 Å². The molecule has 1 aromatic rings. The second-order valence-corrected chi connectivity index (χ2v) is 7.46. The van der Waals surface area contributed by atoms with Gasteiger partial charge in [-0.1, -0.05) is 0 Å². The smallest absolute Gasteiger partial charge is 0.386 e. The Kier molecular flexibility index (Phi) is 4.96. The molecule has 1 amide bonds. The number of benzene rings is 1. The number of amides is 1. The van der Waals surface area contributed by atoms with E-state index in [9.17, 15) is 31.9 Å². The number of β-amino-alcohol motifs (C(OH)–C–C–N with tert-alkyl or cyclic N) is 1. The third-order valence-corrected chi connectivity index (χ3v) is 5.14. The summed E-state index contributed by atoms with van der Waals surface area (Å²) in [7, 11) is 0. The first kappa shape index (κ1) is 20.0. The number of piperidine rings is 1. The standard InChI is InChI=1S/C18H21F5N2O2/c1-10(2)25-8-13-12(16(25)27)5-11(6-14(13)18(21,22)23)7-24-4-3-17(19,20)15(26)9-24/h5-6,10,15,26H,3-4,7-9H2,1-2H3. The van der Waals surface area contributed by atoms with Crippen LogP contribution in [0.5, 0.6) is 0 Å². The molecule has 2 aliphatic rings. The van der Waals surface area contributed by atoms with Crippen molar-refractivity contribution in [2.75, 3.05) is 13.1 Å². The number of fused-ring (bicyclic) bond motifs is 1. The fourth-order valence-electron chi connectivity index (χ4n) is 3.60. The summed E-state index contributed by atoms with van der Waals surface area (Å²) in [6.45, 7) is 2.93. The van der Waals surface area contributed by atoms with Crippen LogP contribution in [0.25, 0.3) is 0 Å². The maximum atomic E-state index is 13.5. The summed E-state index contributed by atoms with van der Waals surface area (Å²) in [4.78, 5) is 15.4. The number of aliphatic hydroxyl groups is 1. The van der Waals surface area contributed by atoms with Gasteiger partial charge in [0.2, 0.25) is 0 Å². The van der Waals surface area contributed by atoms with Crippen molar-refractivity contribution in [3.63, 3.8) is 0 Å². The molecule has 0 bridgehead atoms. The second kappa shape index (κ2) is 6.70. The van der Waals surface area contributed by atoms with Crippen LogP contribution >= 0.6 is 0 Å². The lowest BCUT2D eigenvalue weighted by molar-refractivity contribution is -0.148. The van der Waals surface area contributed by atoms with Crippen LogP contribution in [0.1, 0.15) is 47.3 Å². The van der Waals surface area contributed by atoms with Gasteiger partial charge in [-0.2, -0.15) is 13.2 Å². The molecule has 2 aliphatic heterocycles. The topological polar surface area (TPSA) is 43.8 Å². The molecule has 0 radical (unpaired) electrons. The van der Waals surface area contributed by atoms with E-state index in [1.165, 1.54) is 15.9 Å². The van der Waals surface area contributed by atoms with Crippen LogP contribution in [-0.4, -0.2) is 52.0 Å². The minimum absolute atomic E-state index is 0.0106. The van der Waals surface area contributed by atoms with E-state index in [4.69, 9.17) is 0 Å². The number of rotatable bonds is 3. The summed E-state index contributed by atoms with van der Waals surface area (Å²) in [5, 5.41) is 9.53. The molecule has 4 nitrogen and oxygen atoms in total. The number of halogens is 5. The molecule has 1 atom stereocenters. The summed E-state index contributed by atoms with van der Waals surface area (Å²) in [5.41, 5.74) is -0.682. The first-order chi connectivity index (χ1) is 12.4. The Morgan fingerprint density at radius 2 is 1.96 bits per heavy atom. The highest BCUT2D eigenvalue weighted by Crippen LogP contribution is 2.39. The van der Waals surface area contributed by atoms with Crippen LogP contribution in [0.2, 0.25) is 0 Å². The molecule has 1 unspecified atom stereocenters. The van der Waals surface area contributed by atoms with Gasteiger partial charge in [-0.3, -0.25) is 9.69 Å².